The van der Waals surface area contributed by atoms with Crippen molar-refractivity contribution < 1.29 is 9.90 Å². The average molecular weight is 309 g/mol. The van der Waals surface area contributed by atoms with E-state index in [1.807, 2.05) is 6.92 Å². The number of para-hydroxylation sites is 1. The minimum absolute atomic E-state index is 0.262. The first-order chi connectivity index (χ1) is 11.1. The molecule has 0 saturated carbocycles. The molecule has 1 aromatic carbocycles. The SMILES string of the molecule is CCn1c(=O)c(C(=O)Nc2ccncc2)c(O)c2ccccc21. The van der Waals surface area contributed by atoms with Crippen LogP contribution in [0.2, 0.25) is 0 Å². The first-order valence-corrected chi connectivity index (χ1v) is 7.19. The highest BCUT2D eigenvalue weighted by Gasteiger charge is 2.21. The average Bonchev–Trinajstić information content (AvgIpc) is 2.56. The summed E-state index contributed by atoms with van der Waals surface area (Å²) in [6.45, 7) is 2.21. The second kappa shape index (κ2) is 5.92. The number of hydrogen-bond acceptors (Lipinski definition) is 4. The zero-order valence-corrected chi connectivity index (χ0v) is 12.5. The van der Waals surface area contributed by atoms with E-state index in [-0.39, 0.29) is 11.3 Å². The minimum Gasteiger partial charge on any atom is -0.506 e. The third-order valence-corrected chi connectivity index (χ3v) is 3.63. The number of nitrogens with one attached hydrogen (secondary N) is 1. The lowest BCUT2D eigenvalue weighted by atomic mass is 10.1. The number of anilines is 1. The number of benzene rings is 1. The lowest BCUT2D eigenvalue weighted by molar-refractivity contribution is 0.102. The van der Waals surface area contributed by atoms with E-state index in [9.17, 15) is 14.7 Å². The molecule has 0 aliphatic carbocycles. The van der Waals surface area contributed by atoms with Crippen molar-refractivity contribution in [2.75, 3.05) is 5.32 Å². The number of fused-ring (bicyclic) bond motifs is 1. The Hall–Kier alpha value is -3.15. The minimum atomic E-state index is -0.647. The summed E-state index contributed by atoms with van der Waals surface area (Å²) in [7, 11) is 0. The van der Waals surface area contributed by atoms with Crippen LogP contribution in [-0.4, -0.2) is 20.6 Å². The van der Waals surface area contributed by atoms with E-state index in [2.05, 4.69) is 10.3 Å². The number of aromatic hydroxyl groups is 1. The number of carbonyl (C=O) groups excluding carboxylic acids is 1. The van der Waals surface area contributed by atoms with E-state index in [4.69, 9.17) is 0 Å². The predicted octanol–water partition coefficient (Wildman–Crippen LogP) is 2.37. The number of carbonyl (C=O) groups is 1. The van der Waals surface area contributed by atoms with Gasteiger partial charge in [-0.1, -0.05) is 12.1 Å². The van der Waals surface area contributed by atoms with Crippen LogP contribution in [-0.2, 0) is 6.54 Å². The van der Waals surface area contributed by atoms with Crippen LogP contribution < -0.4 is 10.9 Å². The van der Waals surface area contributed by atoms with Gasteiger partial charge in [0.05, 0.1) is 5.52 Å². The van der Waals surface area contributed by atoms with Crippen molar-refractivity contribution in [2.45, 2.75) is 13.5 Å². The molecule has 0 saturated heterocycles. The van der Waals surface area contributed by atoms with E-state index in [1.54, 1.807) is 36.4 Å². The number of aryl methyl sites for hydroxylation is 1. The summed E-state index contributed by atoms with van der Waals surface area (Å²) in [5.41, 5.74) is 0.315. The fourth-order valence-corrected chi connectivity index (χ4v) is 2.54. The van der Waals surface area contributed by atoms with Gasteiger partial charge in [-0.25, -0.2) is 0 Å². The summed E-state index contributed by atoms with van der Waals surface area (Å²) in [6, 6.07) is 10.2. The molecule has 0 bridgehead atoms. The van der Waals surface area contributed by atoms with Gasteiger partial charge in [-0.05, 0) is 31.2 Å². The Labute approximate surface area is 132 Å². The molecule has 2 aromatic heterocycles. The topological polar surface area (TPSA) is 84.2 Å². The molecule has 3 aromatic rings. The highest BCUT2D eigenvalue weighted by molar-refractivity contribution is 6.09. The van der Waals surface area contributed by atoms with E-state index >= 15 is 0 Å². The summed E-state index contributed by atoms with van der Waals surface area (Å²) < 4.78 is 1.47. The molecule has 0 unspecified atom stereocenters. The van der Waals surface area contributed by atoms with Gasteiger partial charge in [0.2, 0.25) is 0 Å². The van der Waals surface area contributed by atoms with Crippen LogP contribution in [0.15, 0.2) is 53.6 Å². The molecule has 0 radical (unpaired) electrons. The van der Waals surface area contributed by atoms with Crippen LogP contribution >= 0.6 is 0 Å². The van der Waals surface area contributed by atoms with Gasteiger partial charge in [0, 0.05) is 30.0 Å². The molecule has 0 aliphatic heterocycles. The molecule has 0 aliphatic rings. The van der Waals surface area contributed by atoms with Gasteiger partial charge < -0.3 is 15.0 Å². The van der Waals surface area contributed by atoms with Gasteiger partial charge in [-0.2, -0.15) is 0 Å². The van der Waals surface area contributed by atoms with Crippen molar-refractivity contribution in [1.82, 2.24) is 9.55 Å². The van der Waals surface area contributed by atoms with Gasteiger partial charge >= 0.3 is 0 Å². The first-order valence-electron chi connectivity index (χ1n) is 7.19. The van der Waals surface area contributed by atoms with Crippen LogP contribution in [0.4, 0.5) is 5.69 Å². The number of aromatic nitrogens is 2. The van der Waals surface area contributed by atoms with Gasteiger partial charge in [0.1, 0.15) is 11.3 Å². The Morgan fingerprint density at radius 3 is 2.61 bits per heavy atom. The molecule has 3 rings (SSSR count). The summed E-state index contributed by atoms with van der Waals surface area (Å²) >= 11 is 0. The van der Waals surface area contributed by atoms with Crippen molar-refractivity contribution >= 4 is 22.5 Å². The Morgan fingerprint density at radius 2 is 1.91 bits per heavy atom. The highest BCUT2D eigenvalue weighted by Crippen LogP contribution is 2.26. The first kappa shape index (κ1) is 14.8. The molecule has 2 heterocycles. The number of rotatable bonds is 3. The number of hydrogen-bond donors (Lipinski definition) is 2. The van der Waals surface area contributed by atoms with Crippen molar-refractivity contribution in [2.24, 2.45) is 0 Å². The summed E-state index contributed by atoms with van der Waals surface area (Å²) in [6.07, 6.45) is 3.06. The van der Waals surface area contributed by atoms with Crippen molar-refractivity contribution in [3.8, 4) is 5.75 Å². The van der Waals surface area contributed by atoms with Crippen molar-refractivity contribution in [3.05, 3.63) is 64.7 Å². The van der Waals surface area contributed by atoms with E-state index < -0.39 is 11.5 Å². The zero-order chi connectivity index (χ0) is 16.4. The Morgan fingerprint density at radius 1 is 1.22 bits per heavy atom. The standard InChI is InChI=1S/C17H15N3O3/c1-2-20-13-6-4-3-5-12(13)15(21)14(17(20)23)16(22)19-11-7-9-18-10-8-11/h3-10,21H,2H2,1H3,(H,18,19,22). The van der Waals surface area contributed by atoms with Crippen molar-refractivity contribution in [3.63, 3.8) is 0 Å². The third-order valence-electron chi connectivity index (χ3n) is 3.63. The third kappa shape index (κ3) is 2.55. The maximum Gasteiger partial charge on any atom is 0.267 e. The van der Waals surface area contributed by atoms with Gasteiger partial charge in [0.25, 0.3) is 11.5 Å². The lowest BCUT2D eigenvalue weighted by Gasteiger charge is -2.13. The Bertz CT molecular complexity index is 933. The van der Waals surface area contributed by atoms with E-state index in [0.717, 1.165) is 0 Å². The molecular weight excluding hydrogens is 294 g/mol. The largest absolute Gasteiger partial charge is 0.506 e. The van der Waals surface area contributed by atoms with Crippen LogP contribution in [0.1, 0.15) is 17.3 Å². The second-order valence-corrected chi connectivity index (χ2v) is 4.98. The summed E-state index contributed by atoms with van der Waals surface area (Å²) in [4.78, 5) is 28.9. The Balaban J connectivity index is 2.17. The van der Waals surface area contributed by atoms with Gasteiger partial charge in [-0.3, -0.25) is 14.6 Å². The maximum atomic E-state index is 12.6. The van der Waals surface area contributed by atoms with E-state index in [1.165, 1.54) is 17.0 Å². The summed E-state index contributed by atoms with van der Waals surface area (Å²) in [5, 5.41) is 13.5. The van der Waals surface area contributed by atoms with E-state index in [0.29, 0.717) is 23.1 Å². The molecule has 1 amide bonds. The predicted molar refractivity (Wildman–Crippen MR) is 87.7 cm³/mol. The molecule has 6 nitrogen and oxygen atoms in total. The van der Waals surface area contributed by atoms with Gasteiger partial charge in [-0.15, -0.1) is 0 Å². The molecule has 0 spiro atoms. The lowest BCUT2D eigenvalue weighted by Crippen LogP contribution is -2.29. The normalized spacial score (nSPS) is 10.7. The van der Waals surface area contributed by atoms with Crippen molar-refractivity contribution in [1.29, 1.82) is 0 Å². The molecule has 23 heavy (non-hydrogen) atoms. The second-order valence-electron chi connectivity index (χ2n) is 4.98. The fraction of sp³-hybridized carbons (Fsp3) is 0.118. The molecular formula is C17H15N3O3. The highest BCUT2D eigenvalue weighted by atomic mass is 16.3. The molecule has 6 heteroatoms. The van der Waals surface area contributed by atoms with Crippen LogP contribution in [0.3, 0.4) is 0 Å². The molecule has 2 N–H and O–H groups in total. The maximum absolute atomic E-state index is 12.6. The quantitative estimate of drug-likeness (QED) is 0.778. The zero-order valence-electron chi connectivity index (χ0n) is 12.5. The summed E-state index contributed by atoms with van der Waals surface area (Å²) in [5.74, 6) is -0.950. The monoisotopic (exact) mass is 309 g/mol. The Kier molecular flexibility index (Phi) is 3.80. The molecule has 0 fully saturated rings. The molecule has 0 atom stereocenters. The smallest absolute Gasteiger partial charge is 0.267 e. The number of nitrogens with zero attached hydrogens (tertiary/aromatic N) is 2. The van der Waals surface area contributed by atoms with Crippen LogP contribution in [0.25, 0.3) is 10.9 Å². The van der Waals surface area contributed by atoms with Crippen LogP contribution in [0.5, 0.6) is 5.75 Å². The number of amides is 1. The number of pyridine rings is 2. The van der Waals surface area contributed by atoms with Crippen LogP contribution in [0, 0.1) is 0 Å². The van der Waals surface area contributed by atoms with Gasteiger partial charge in [0.15, 0.2) is 0 Å². The fourth-order valence-electron chi connectivity index (χ4n) is 2.54. The molecule has 116 valence electrons.